The maximum atomic E-state index is 12.4. The number of rotatable bonds is 5. The number of carbonyl (C=O) groups is 2. The maximum absolute atomic E-state index is 12.4. The van der Waals surface area contributed by atoms with E-state index in [1.165, 1.54) is 11.1 Å². The molecule has 0 N–H and O–H groups in total. The average Bonchev–Trinajstić information content (AvgIpc) is 3.33. The van der Waals surface area contributed by atoms with Gasteiger partial charge in [-0.15, -0.1) is 0 Å². The highest BCUT2D eigenvalue weighted by Gasteiger charge is 2.19. The smallest absolute Gasteiger partial charge is 0.338 e. The SMILES string of the molecule is O=C(OCC(=O)N1CC=C(c2ccccc2)CC1)c1ccc(-n2cccn2)cc1. The summed E-state index contributed by atoms with van der Waals surface area (Å²) in [5.41, 5.74) is 3.67. The lowest BCUT2D eigenvalue weighted by atomic mass is 10.00. The van der Waals surface area contributed by atoms with Crippen molar-refractivity contribution in [3.63, 3.8) is 0 Å². The van der Waals surface area contributed by atoms with Crippen LogP contribution in [0.25, 0.3) is 11.3 Å². The van der Waals surface area contributed by atoms with Crippen LogP contribution in [-0.2, 0) is 9.53 Å². The number of hydrogen-bond donors (Lipinski definition) is 0. The zero-order valence-electron chi connectivity index (χ0n) is 15.9. The minimum atomic E-state index is -0.511. The van der Waals surface area contributed by atoms with Gasteiger partial charge in [0.05, 0.1) is 11.3 Å². The van der Waals surface area contributed by atoms with Gasteiger partial charge in [-0.2, -0.15) is 5.10 Å². The Hall–Kier alpha value is -3.67. The molecule has 2 aromatic carbocycles. The first-order valence-corrected chi connectivity index (χ1v) is 9.50. The molecule has 0 saturated heterocycles. The summed E-state index contributed by atoms with van der Waals surface area (Å²) in [4.78, 5) is 26.3. The van der Waals surface area contributed by atoms with E-state index in [-0.39, 0.29) is 12.5 Å². The molecule has 0 saturated carbocycles. The van der Waals surface area contributed by atoms with Crippen molar-refractivity contribution < 1.29 is 14.3 Å². The van der Waals surface area contributed by atoms with Crippen molar-refractivity contribution in [1.29, 1.82) is 0 Å². The van der Waals surface area contributed by atoms with Crippen molar-refractivity contribution in [2.45, 2.75) is 6.42 Å². The van der Waals surface area contributed by atoms with E-state index in [0.29, 0.717) is 18.7 Å². The normalized spacial score (nSPS) is 13.7. The second kappa shape index (κ2) is 8.56. The molecule has 1 aliphatic rings. The van der Waals surface area contributed by atoms with E-state index in [0.717, 1.165) is 12.1 Å². The quantitative estimate of drug-likeness (QED) is 0.630. The van der Waals surface area contributed by atoms with Crippen molar-refractivity contribution in [2.75, 3.05) is 19.7 Å². The summed E-state index contributed by atoms with van der Waals surface area (Å²) >= 11 is 0. The molecule has 2 heterocycles. The summed E-state index contributed by atoms with van der Waals surface area (Å²) in [6.07, 6.45) is 6.36. The Bertz CT molecular complexity index is 1010. The van der Waals surface area contributed by atoms with Crippen LogP contribution in [0.15, 0.2) is 79.1 Å². The van der Waals surface area contributed by atoms with E-state index < -0.39 is 5.97 Å². The van der Waals surface area contributed by atoms with Crippen molar-refractivity contribution in [3.8, 4) is 5.69 Å². The second-order valence-corrected chi connectivity index (χ2v) is 6.76. The number of esters is 1. The van der Waals surface area contributed by atoms with E-state index in [9.17, 15) is 9.59 Å². The molecule has 3 aromatic rings. The summed E-state index contributed by atoms with van der Waals surface area (Å²) < 4.78 is 6.91. The van der Waals surface area contributed by atoms with E-state index in [2.05, 4.69) is 23.3 Å². The molecule has 4 rings (SSSR count). The van der Waals surface area contributed by atoms with Gasteiger partial charge in [-0.3, -0.25) is 4.79 Å². The molecule has 29 heavy (non-hydrogen) atoms. The number of hydrogen-bond acceptors (Lipinski definition) is 4. The Kier molecular flexibility index (Phi) is 5.52. The number of carbonyl (C=O) groups excluding carboxylic acids is 2. The van der Waals surface area contributed by atoms with Gasteiger partial charge >= 0.3 is 5.97 Å². The number of benzene rings is 2. The minimum absolute atomic E-state index is 0.185. The van der Waals surface area contributed by atoms with Crippen molar-refractivity contribution in [2.24, 2.45) is 0 Å². The van der Waals surface area contributed by atoms with Gasteiger partial charge in [-0.05, 0) is 47.9 Å². The van der Waals surface area contributed by atoms with Crippen LogP contribution in [-0.4, -0.2) is 46.3 Å². The van der Waals surface area contributed by atoms with Gasteiger partial charge in [0, 0.05) is 25.5 Å². The number of nitrogens with zero attached hydrogens (tertiary/aromatic N) is 3. The van der Waals surface area contributed by atoms with Crippen LogP contribution < -0.4 is 0 Å². The highest BCUT2D eigenvalue weighted by molar-refractivity contribution is 5.91. The van der Waals surface area contributed by atoms with Gasteiger partial charge < -0.3 is 9.64 Å². The average molecular weight is 387 g/mol. The predicted molar refractivity (Wildman–Crippen MR) is 109 cm³/mol. The fourth-order valence-corrected chi connectivity index (χ4v) is 3.28. The summed E-state index contributed by atoms with van der Waals surface area (Å²) in [5.74, 6) is -0.697. The fraction of sp³-hybridized carbons (Fsp3) is 0.174. The van der Waals surface area contributed by atoms with Gasteiger partial charge in [0.1, 0.15) is 0 Å². The van der Waals surface area contributed by atoms with Crippen LogP contribution in [0.1, 0.15) is 22.3 Å². The molecule has 0 aliphatic carbocycles. The third kappa shape index (κ3) is 4.43. The molecule has 0 unspecified atom stereocenters. The van der Waals surface area contributed by atoms with Gasteiger partial charge in [0.25, 0.3) is 5.91 Å². The lowest BCUT2D eigenvalue weighted by Gasteiger charge is -2.26. The molecule has 0 fully saturated rings. The van der Waals surface area contributed by atoms with E-state index in [1.807, 2.05) is 30.5 Å². The molecular weight excluding hydrogens is 366 g/mol. The van der Waals surface area contributed by atoms with Crippen molar-refractivity contribution in [1.82, 2.24) is 14.7 Å². The van der Waals surface area contributed by atoms with Crippen LogP contribution in [0.2, 0.25) is 0 Å². The van der Waals surface area contributed by atoms with E-state index >= 15 is 0 Å². The molecular formula is C23H21N3O3. The fourth-order valence-electron chi connectivity index (χ4n) is 3.28. The molecule has 6 nitrogen and oxygen atoms in total. The standard InChI is InChI=1S/C23H21N3O3/c27-22(25-15-11-19(12-16-25)18-5-2-1-3-6-18)17-29-23(28)20-7-9-21(10-8-20)26-14-4-13-24-26/h1-11,13-14H,12,15-17H2. The van der Waals surface area contributed by atoms with Crippen LogP contribution in [0, 0.1) is 0 Å². The Balaban J connectivity index is 1.29. The second-order valence-electron chi connectivity index (χ2n) is 6.76. The summed E-state index contributed by atoms with van der Waals surface area (Å²) in [5, 5.41) is 4.14. The van der Waals surface area contributed by atoms with Crippen LogP contribution in [0.3, 0.4) is 0 Å². The van der Waals surface area contributed by atoms with Crippen LogP contribution >= 0.6 is 0 Å². The monoisotopic (exact) mass is 387 g/mol. The Morgan fingerprint density at radius 1 is 1.00 bits per heavy atom. The molecule has 6 heteroatoms. The van der Waals surface area contributed by atoms with Crippen LogP contribution in [0.5, 0.6) is 0 Å². The Morgan fingerprint density at radius 2 is 1.79 bits per heavy atom. The van der Waals surface area contributed by atoms with Crippen LogP contribution in [0.4, 0.5) is 0 Å². The molecule has 0 spiro atoms. The molecule has 0 bridgehead atoms. The predicted octanol–water partition coefficient (Wildman–Crippen LogP) is 3.35. The van der Waals surface area contributed by atoms with Gasteiger partial charge in [0.15, 0.2) is 6.61 Å². The first kappa shape index (κ1) is 18.7. The Morgan fingerprint density at radius 3 is 2.45 bits per heavy atom. The van der Waals surface area contributed by atoms with E-state index in [4.69, 9.17) is 4.74 Å². The number of aromatic nitrogens is 2. The molecule has 1 amide bonds. The Labute approximate surface area is 169 Å². The lowest BCUT2D eigenvalue weighted by molar-refractivity contribution is -0.134. The summed E-state index contributed by atoms with van der Waals surface area (Å²) in [6.45, 7) is 0.892. The maximum Gasteiger partial charge on any atom is 0.338 e. The topological polar surface area (TPSA) is 64.4 Å². The minimum Gasteiger partial charge on any atom is -0.452 e. The third-order valence-electron chi connectivity index (χ3n) is 4.91. The number of ether oxygens (including phenoxy) is 1. The lowest BCUT2D eigenvalue weighted by Crippen LogP contribution is -2.37. The molecule has 146 valence electrons. The molecule has 1 aliphatic heterocycles. The van der Waals surface area contributed by atoms with Crippen molar-refractivity contribution in [3.05, 3.63) is 90.3 Å². The van der Waals surface area contributed by atoms with Gasteiger partial charge in [0.2, 0.25) is 0 Å². The highest BCUT2D eigenvalue weighted by Crippen LogP contribution is 2.22. The largest absolute Gasteiger partial charge is 0.452 e. The van der Waals surface area contributed by atoms with E-state index in [1.54, 1.807) is 40.0 Å². The number of amides is 1. The first-order valence-electron chi connectivity index (χ1n) is 9.50. The van der Waals surface area contributed by atoms with Crippen molar-refractivity contribution >= 4 is 17.4 Å². The zero-order chi connectivity index (χ0) is 20.1. The molecule has 1 aromatic heterocycles. The zero-order valence-corrected chi connectivity index (χ0v) is 15.9. The molecule has 0 radical (unpaired) electrons. The highest BCUT2D eigenvalue weighted by atomic mass is 16.5. The van der Waals surface area contributed by atoms with Gasteiger partial charge in [-0.1, -0.05) is 36.4 Å². The summed E-state index contributed by atoms with van der Waals surface area (Å²) in [6, 6.07) is 18.9. The van der Waals surface area contributed by atoms with Gasteiger partial charge in [-0.25, -0.2) is 9.48 Å². The first-order chi connectivity index (χ1) is 14.2. The third-order valence-corrected chi connectivity index (χ3v) is 4.91. The summed E-state index contributed by atoms with van der Waals surface area (Å²) in [7, 11) is 0. The molecule has 0 atom stereocenters.